The summed E-state index contributed by atoms with van der Waals surface area (Å²) in [6, 6.07) is 8.94. The lowest BCUT2D eigenvalue weighted by atomic mass is 9.93. The molecule has 0 amide bonds. The highest BCUT2D eigenvalue weighted by Crippen LogP contribution is 2.39. The molecule has 0 saturated carbocycles. The van der Waals surface area contributed by atoms with Gasteiger partial charge in [0.05, 0.1) is 0 Å². The highest BCUT2D eigenvalue weighted by Gasteiger charge is 2.21. The Labute approximate surface area is 87.5 Å². The van der Waals surface area contributed by atoms with E-state index in [4.69, 9.17) is 5.73 Å². The molecule has 72 valence electrons. The number of hydrogen-bond acceptors (Lipinski definition) is 2. The van der Waals surface area contributed by atoms with Crippen LogP contribution in [0.25, 0.3) is 10.1 Å². The monoisotopic (exact) mass is 203 g/mol. The second-order valence-corrected chi connectivity index (χ2v) is 5.02. The molecule has 0 spiro atoms. The number of nitrogens with two attached hydrogens (primary N) is 1. The Morgan fingerprint density at radius 1 is 1.29 bits per heavy atom. The lowest BCUT2D eigenvalue weighted by molar-refractivity contribution is 0.584. The van der Waals surface area contributed by atoms with Gasteiger partial charge in [0, 0.05) is 15.6 Å². The van der Waals surface area contributed by atoms with E-state index in [0.717, 1.165) is 6.42 Å². The van der Waals surface area contributed by atoms with Crippen LogP contribution in [-0.4, -0.2) is 0 Å². The number of hydrogen-bond donors (Lipinski definition) is 1. The van der Waals surface area contributed by atoms with E-state index in [0.29, 0.717) is 0 Å². The summed E-state index contributed by atoms with van der Waals surface area (Å²) in [6.07, 6.45) is 3.61. The van der Waals surface area contributed by atoms with Gasteiger partial charge in [-0.25, -0.2) is 0 Å². The van der Waals surface area contributed by atoms with Gasteiger partial charge >= 0.3 is 0 Å². The van der Waals surface area contributed by atoms with Crippen LogP contribution >= 0.6 is 11.3 Å². The van der Waals surface area contributed by atoms with Gasteiger partial charge in [0.25, 0.3) is 0 Å². The summed E-state index contributed by atoms with van der Waals surface area (Å²) < 4.78 is 1.40. The van der Waals surface area contributed by atoms with Crippen LogP contribution in [0, 0.1) is 0 Å². The number of thiophene rings is 1. The SMILES string of the molecule is N[C@@H]1CCCc2c1sc1ccccc21. The van der Waals surface area contributed by atoms with Crippen LogP contribution in [0.5, 0.6) is 0 Å². The van der Waals surface area contributed by atoms with Crippen molar-refractivity contribution in [2.45, 2.75) is 25.3 Å². The van der Waals surface area contributed by atoms with Gasteiger partial charge in [0.1, 0.15) is 0 Å². The Bertz CT molecular complexity index is 472. The minimum absolute atomic E-state index is 0.288. The van der Waals surface area contributed by atoms with Crippen molar-refractivity contribution in [3.05, 3.63) is 34.7 Å². The summed E-state index contributed by atoms with van der Waals surface area (Å²) in [5, 5.41) is 1.43. The van der Waals surface area contributed by atoms with Crippen molar-refractivity contribution in [3.8, 4) is 0 Å². The number of rotatable bonds is 0. The van der Waals surface area contributed by atoms with Crippen LogP contribution in [0.15, 0.2) is 24.3 Å². The molecule has 1 atom stereocenters. The fourth-order valence-corrected chi connectivity index (χ4v) is 3.59. The Morgan fingerprint density at radius 3 is 3.07 bits per heavy atom. The predicted octanol–water partition coefficient (Wildman–Crippen LogP) is 3.24. The van der Waals surface area contributed by atoms with E-state index in [9.17, 15) is 0 Å². The summed E-state index contributed by atoms with van der Waals surface area (Å²) >= 11 is 1.88. The quantitative estimate of drug-likeness (QED) is 0.699. The molecule has 14 heavy (non-hydrogen) atoms. The maximum absolute atomic E-state index is 6.12. The smallest absolute Gasteiger partial charge is 0.0393 e. The molecule has 1 aliphatic rings. The van der Waals surface area contributed by atoms with Crippen LogP contribution in [0.1, 0.15) is 29.3 Å². The molecule has 1 nitrogen and oxygen atoms in total. The van der Waals surface area contributed by atoms with Crippen LogP contribution in [0.2, 0.25) is 0 Å². The van der Waals surface area contributed by atoms with E-state index in [1.807, 2.05) is 11.3 Å². The first-order valence-electron chi connectivity index (χ1n) is 5.12. The van der Waals surface area contributed by atoms with Gasteiger partial charge in [-0.05, 0) is 36.3 Å². The van der Waals surface area contributed by atoms with Crippen molar-refractivity contribution >= 4 is 21.4 Å². The maximum atomic E-state index is 6.12. The number of fused-ring (bicyclic) bond motifs is 3. The summed E-state index contributed by atoms with van der Waals surface area (Å²) in [4.78, 5) is 1.43. The molecular formula is C12H13NS. The van der Waals surface area contributed by atoms with Crippen molar-refractivity contribution in [1.29, 1.82) is 0 Å². The van der Waals surface area contributed by atoms with Gasteiger partial charge in [-0.3, -0.25) is 0 Å². The fraction of sp³-hybridized carbons (Fsp3) is 0.333. The van der Waals surface area contributed by atoms with Crippen molar-refractivity contribution < 1.29 is 0 Å². The molecule has 2 heteroatoms. The molecule has 0 fully saturated rings. The standard InChI is InChI=1S/C12H13NS/c13-10-6-3-5-9-8-4-1-2-7-11(8)14-12(9)10/h1-2,4,7,10H,3,5-6,13H2/t10-/m1/s1. The lowest BCUT2D eigenvalue weighted by Gasteiger charge is -2.17. The first-order valence-corrected chi connectivity index (χ1v) is 5.94. The second-order valence-electron chi connectivity index (χ2n) is 3.94. The molecule has 0 bridgehead atoms. The van der Waals surface area contributed by atoms with Crippen molar-refractivity contribution in [3.63, 3.8) is 0 Å². The van der Waals surface area contributed by atoms with Gasteiger partial charge in [0.2, 0.25) is 0 Å². The molecule has 1 aromatic heterocycles. The molecule has 0 radical (unpaired) electrons. The number of benzene rings is 1. The zero-order chi connectivity index (χ0) is 9.54. The zero-order valence-corrected chi connectivity index (χ0v) is 8.81. The van der Waals surface area contributed by atoms with Gasteiger partial charge < -0.3 is 5.73 Å². The third-order valence-corrected chi connectivity index (χ3v) is 4.35. The molecule has 0 unspecified atom stereocenters. The van der Waals surface area contributed by atoms with Gasteiger partial charge in [-0.2, -0.15) is 0 Å². The van der Waals surface area contributed by atoms with Gasteiger partial charge in [0.15, 0.2) is 0 Å². The third kappa shape index (κ3) is 1.11. The Hall–Kier alpha value is -0.860. The topological polar surface area (TPSA) is 26.0 Å². The van der Waals surface area contributed by atoms with E-state index in [-0.39, 0.29) is 6.04 Å². The highest BCUT2D eigenvalue weighted by atomic mass is 32.1. The van der Waals surface area contributed by atoms with E-state index in [1.165, 1.54) is 33.4 Å². The maximum Gasteiger partial charge on any atom is 0.0393 e. The predicted molar refractivity (Wildman–Crippen MR) is 61.7 cm³/mol. The van der Waals surface area contributed by atoms with E-state index in [2.05, 4.69) is 24.3 Å². The molecular weight excluding hydrogens is 190 g/mol. The first kappa shape index (κ1) is 8.45. The van der Waals surface area contributed by atoms with E-state index < -0.39 is 0 Å². The van der Waals surface area contributed by atoms with Crippen LogP contribution in [0.4, 0.5) is 0 Å². The molecule has 1 aliphatic carbocycles. The lowest BCUT2D eigenvalue weighted by Crippen LogP contribution is -2.14. The van der Waals surface area contributed by atoms with Crippen LogP contribution in [-0.2, 0) is 6.42 Å². The molecule has 3 rings (SSSR count). The third-order valence-electron chi connectivity index (χ3n) is 3.01. The largest absolute Gasteiger partial charge is 0.323 e. The summed E-state index contributed by atoms with van der Waals surface area (Å²) in [5.74, 6) is 0. The Kier molecular flexibility index (Phi) is 1.85. The fourth-order valence-electron chi connectivity index (χ4n) is 2.30. The van der Waals surface area contributed by atoms with Crippen LogP contribution in [0.3, 0.4) is 0 Å². The Morgan fingerprint density at radius 2 is 2.14 bits per heavy atom. The molecule has 0 saturated heterocycles. The van der Waals surface area contributed by atoms with E-state index >= 15 is 0 Å². The molecule has 1 aromatic carbocycles. The number of aryl methyl sites for hydroxylation is 1. The summed E-state index contributed by atoms with van der Waals surface area (Å²) in [5.41, 5.74) is 7.64. The Balaban J connectivity index is 2.32. The van der Waals surface area contributed by atoms with Crippen molar-refractivity contribution in [1.82, 2.24) is 0 Å². The molecule has 1 heterocycles. The van der Waals surface area contributed by atoms with Gasteiger partial charge in [-0.1, -0.05) is 18.2 Å². The average molecular weight is 203 g/mol. The molecule has 2 aromatic rings. The zero-order valence-electron chi connectivity index (χ0n) is 7.99. The van der Waals surface area contributed by atoms with Crippen molar-refractivity contribution in [2.75, 3.05) is 0 Å². The average Bonchev–Trinajstić information content (AvgIpc) is 2.59. The minimum atomic E-state index is 0.288. The van der Waals surface area contributed by atoms with Gasteiger partial charge in [-0.15, -0.1) is 11.3 Å². The van der Waals surface area contributed by atoms with Crippen LogP contribution < -0.4 is 5.73 Å². The van der Waals surface area contributed by atoms with Crippen molar-refractivity contribution in [2.24, 2.45) is 5.73 Å². The minimum Gasteiger partial charge on any atom is -0.323 e. The summed E-state index contributed by atoms with van der Waals surface area (Å²) in [6.45, 7) is 0. The first-order chi connectivity index (χ1) is 6.86. The second kappa shape index (κ2) is 3.07. The highest BCUT2D eigenvalue weighted by molar-refractivity contribution is 7.19. The molecule has 2 N–H and O–H groups in total. The normalized spacial score (nSPS) is 21.1. The summed E-state index contributed by atoms with van der Waals surface area (Å²) in [7, 11) is 0. The molecule has 0 aliphatic heterocycles. The van der Waals surface area contributed by atoms with E-state index in [1.54, 1.807) is 0 Å².